The van der Waals surface area contributed by atoms with Gasteiger partial charge in [0.2, 0.25) is 5.91 Å². The number of anilines is 1. The lowest BCUT2D eigenvalue weighted by molar-refractivity contribution is -0.122. The quantitative estimate of drug-likeness (QED) is 0.490. The SMILES string of the molecule is CNC(=O)[C@@H](Cc1ccc(NS(=O)(=O)O)cc1)NC(=O)OCc1ccccc1. The van der Waals surface area contributed by atoms with Gasteiger partial charge in [-0.2, -0.15) is 8.42 Å². The van der Waals surface area contributed by atoms with Crippen LogP contribution in [0.3, 0.4) is 0 Å². The molecule has 2 rings (SSSR count). The molecule has 0 aliphatic heterocycles. The van der Waals surface area contributed by atoms with Crippen molar-refractivity contribution >= 4 is 28.0 Å². The van der Waals surface area contributed by atoms with Crippen molar-refractivity contribution in [2.24, 2.45) is 0 Å². The highest BCUT2D eigenvalue weighted by Crippen LogP contribution is 2.12. The Balaban J connectivity index is 1.97. The smallest absolute Gasteiger partial charge is 0.408 e. The summed E-state index contributed by atoms with van der Waals surface area (Å²) < 4.78 is 37.4. The molecule has 0 saturated carbocycles. The third-order valence-corrected chi connectivity index (χ3v) is 4.20. The third-order valence-electron chi connectivity index (χ3n) is 3.71. The first-order valence-electron chi connectivity index (χ1n) is 8.30. The zero-order valence-corrected chi connectivity index (χ0v) is 15.9. The largest absolute Gasteiger partial charge is 0.445 e. The number of hydrogen-bond donors (Lipinski definition) is 4. The predicted octanol–water partition coefficient (Wildman–Crippen LogP) is 1.48. The van der Waals surface area contributed by atoms with E-state index in [9.17, 15) is 18.0 Å². The molecule has 1 atom stereocenters. The highest BCUT2D eigenvalue weighted by molar-refractivity contribution is 7.87. The van der Waals surface area contributed by atoms with E-state index in [1.54, 1.807) is 12.1 Å². The summed E-state index contributed by atoms with van der Waals surface area (Å²) >= 11 is 0. The minimum Gasteiger partial charge on any atom is -0.445 e. The van der Waals surface area contributed by atoms with Crippen LogP contribution in [-0.2, 0) is 32.9 Å². The van der Waals surface area contributed by atoms with Gasteiger partial charge in [0.05, 0.1) is 5.69 Å². The lowest BCUT2D eigenvalue weighted by Crippen LogP contribution is -2.47. The molecule has 0 heterocycles. The normalized spacial score (nSPS) is 11.9. The molecule has 0 radical (unpaired) electrons. The van der Waals surface area contributed by atoms with Crippen molar-refractivity contribution in [2.75, 3.05) is 11.8 Å². The third kappa shape index (κ3) is 7.25. The molecule has 0 spiro atoms. The molecule has 2 aromatic rings. The molecule has 0 saturated heterocycles. The second-order valence-electron chi connectivity index (χ2n) is 5.85. The maximum atomic E-state index is 12.1. The van der Waals surface area contributed by atoms with Crippen LogP contribution < -0.4 is 15.4 Å². The fourth-order valence-corrected chi connectivity index (χ4v) is 2.82. The second kappa shape index (κ2) is 9.72. The van der Waals surface area contributed by atoms with Crippen LogP contribution in [0.5, 0.6) is 0 Å². The Hall–Kier alpha value is -3.11. The van der Waals surface area contributed by atoms with E-state index in [2.05, 4.69) is 10.6 Å². The van der Waals surface area contributed by atoms with Gasteiger partial charge in [-0.25, -0.2) is 4.79 Å². The number of hydrogen-bond acceptors (Lipinski definition) is 5. The molecule has 4 N–H and O–H groups in total. The Kier molecular flexibility index (Phi) is 7.36. The second-order valence-corrected chi connectivity index (χ2v) is 7.01. The number of likely N-dealkylation sites (N-methyl/N-ethyl adjacent to an activating group) is 1. The zero-order chi connectivity index (χ0) is 20.6. The highest BCUT2D eigenvalue weighted by atomic mass is 32.2. The molecule has 0 aromatic heterocycles. The Labute approximate surface area is 163 Å². The van der Waals surface area contributed by atoms with Crippen LogP contribution in [-0.4, -0.2) is 38.1 Å². The predicted molar refractivity (Wildman–Crippen MR) is 103 cm³/mol. The molecular formula is C18H21N3O6S. The fraction of sp³-hybridized carbons (Fsp3) is 0.222. The van der Waals surface area contributed by atoms with Crippen molar-refractivity contribution in [3.05, 3.63) is 65.7 Å². The van der Waals surface area contributed by atoms with E-state index >= 15 is 0 Å². The molecule has 0 aliphatic carbocycles. The van der Waals surface area contributed by atoms with Crippen molar-refractivity contribution in [3.8, 4) is 0 Å². The standard InChI is InChI=1S/C18H21N3O6S/c1-19-17(22)16(20-18(23)27-12-14-5-3-2-4-6-14)11-13-7-9-15(10-8-13)21-28(24,25)26/h2-10,16,21H,11-12H2,1H3,(H,19,22)(H,20,23)(H,24,25,26)/t16-/m1/s1. The van der Waals surface area contributed by atoms with E-state index in [0.29, 0.717) is 5.56 Å². The summed E-state index contributed by atoms with van der Waals surface area (Å²) in [6.45, 7) is 0.0726. The van der Waals surface area contributed by atoms with Crippen LogP contribution in [0.4, 0.5) is 10.5 Å². The average Bonchev–Trinajstić information content (AvgIpc) is 2.66. The highest BCUT2D eigenvalue weighted by Gasteiger charge is 2.21. The molecule has 0 fully saturated rings. The molecule has 150 valence electrons. The van der Waals surface area contributed by atoms with Crippen molar-refractivity contribution < 1.29 is 27.3 Å². The Morgan fingerprint density at radius 2 is 1.68 bits per heavy atom. The van der Waals surface area contributed by atoms with Gasteiger partial charge < -0.3 is 15.4 Å². The summed E-state index contributed by atoms with van der Waals surface area (Å²) in [6.07, 6.45) is -0.575. The van der Waals surface area contributed by atoms with E-state index in [4.69, 9.17) is 9.29 Å². The van der Waals surface area contributed by atoms with E-state index in [0.717, 1.165) is 5.56 Å². The van der Waals surface area contributed by atoms with Crippen LogP contribution in [0, 0.1) is 0 Å². The van der Waals surface area contributed by atoms with Crippen molar-refractivity contribution in [3.63, 3.8) is 0 Å². The van der Waals surface area contributed by atoms with E-state index in [1.807, 2.05) is 35.1 Å². The van der Waals surface area contributed by atoms with Gasteiger partial charge in [0.25, 0.3) is 0 Å². The van der Waals surface area contributed by atoms with Gasteiger partial charge in [-0.05, 0) is 23.3 Å². The monoisotopic (exact) mass is 407 g/mol. The van der Waals surface area contributed by atoms with Crippen molar-refractivity contribution in [1.29, 1.82) is 0 Å². The van der Waals surface area contributed by atoms with Crippen LogP contribution in [0.1, 0.15) is 11.1 Å². The van der Waals surface area contributed by atoms with Gasteiger partial charge in [-0.3, -0.25) is 14.1 Å². The number of ether oxygens (including phenoxy) is 1. The van der Waals surface area contributed by atoms with Gasteiger partial charge >= 0.3 is 16.4 Å². The van der Waals surface area contributed by atoms with E-state index in [1.165, 1.54) is 19.2 Å². The van der Waals surface area contributed by atoms with Crippen molar-refractivity contribution in [1.82, 2.24) is 10.6 Å². The maximum Gasteiger partial charge on any atom is 0.408 e. The maximum absolute atomic E-state index is 12.1. The number of amides is 2. The Bertz CT molecular complexity index is 901. The number of carbonyl (C=O) groups excluding carboxylic acids is 2. The number of benzene rings is 2. The first kappa shape index (κ1) is 21.2. The molecule has 9 nitrogen and oxygen atoms in total. The summed E-state index contributed by atoms with van der Waals surface area (Å²) in [6, 6.07) is 14.2. The summed E-state index contributed by atoms with van der Waals surface area (Å²) in [4.78, 5) is 24.1. The van der Waals surface area contributed by atoms with Gasteiger partial charge in [-0.15, -0.1) is 0 Å². The lowest BCUT2D eigenvalue weighted by atomic mass is 10.1. The minimum absolute atomic E-state index is 0.0726. The molecule has 10 heteroatoms. The van der Waals surface area contributed by atoms with E-state index < -0.39 is 28.3 Å². The average molecular weight is 407 g/mol. The summed E-state index contributed by atoms with van der Waals surface area (Å²) in [5, 5.41) is 4.99. The van der Waals surface area contributed by atoms with Gasteiger partial charge in [-0.1, -0.05) is 42.5 Å². The van der Waals surface area contributed by atoms with E-state index in [-0.39, 0.29) is 18.7 Å². The number of rotatable bonds is 8. The van der Waals surface area contributed by atoms with Crippen molar-refractivity contribution in [2.45, 2.75) is 19.1 Å². The van der Waals surface area contributed by atoms with Crippen LogP contribution in [0.15, 0.2) is 54.6 Å². The molecule has 2 amide bonds. The van der Waals surface area contributed by atoms with Crippen LogP contribution >= 0.6 is 0 Å². The van der Waals surface area contributed by atoms with Gasteiger partial charge in [0, 0.05) is 13.5 Å². The molecule has 0 bridgehead atoms. The van der Waals surface area contributed by atoms with Gasteiger partial charge in [0.15, 0.2) is 0 Å². The minimum atomic E-state index is -4.36. The topological polar surface area (TPSA) is 134 Å². The first-order chi connectivity index (χ1) is 13.3. The van der Waals surface area contributed by atoms with Gasteiger partial charge in [0.1, 0.15) is 12.6 Å². The fourth-order valence-electron chi connectivity index (χ4n) is 2.38. The molecule has 0 aliphatic rings. The van der Waals surface area contributed by atoms with Crippen LogP contribution in [0.25, 0.3) is 0 Å². The zero-order valence-electron chi connectivity index (χ0n) is 15.1. The Morgan fingerprint density at radius 1 is 1.04 bits per heavy atom. The summed E-state index contributed by atoms with van der Waals surface area (Å²) in [7, 11) is -2.91. The molecule has 0 unspecified atom stereocenters. The summed E-state index contributed by atoms with van der Waals surface area (Å²) in [5.74, 6) is -0.406. The number of carbonyl (C=O) groups is 2. The number of alkyl carbamates (subject to hydrolysis) is 1. The lowest BCUT2D eigenvalue weighted by Gasteiger charge is -2.17. The summed E-state index contributed by atoms with van der Waals surface area (Å²) in [5.41, 5.74) is 1.65. The molecule has 2 aromatic carbocycles. The number of nitrogens with one attached hydrogen (secondary N) is 3. The molecular weight excluding hydrogens is 386 g/mol. The van der Waals surface area contributed by atoms with Crippen LogP contribution in [0.2, 0.25) is 0 Å². The Morgan fingerprint density at radius 3 is 2.25 bits per heavy atom. The molecule has 28 heavy (non-hydrogen) atoms. The first-order valence-corrected chi connectivity index (χ1v) is 9.74.